The number of benzene rings is 2. The zero-order valence-corrected chi connectivity index (χ0v) is 17.6. The summed E-state index contributed by atoms with van der Waals surface area (Å²) in [6, 6.07) is 14.6. The maximum atomic E-state index is 12.4. The van der Waals surface area contributed by atoms with Crippen molar-refractivity contribution >= 4 is 23.3 Å². The molecule has 2 aromatic carbocycles. The van der Waals surface area contributed by atoms with Crippen LogP contribution in [0.15, 0.2) is 59.4 Å². The first-order valence-electron chi connectivity index (χ1n) is 9.94. The Bertz CT molecular complexity index is 1280. The van der Waals surface area contributed by atoms with Gasteiger partial charge in [-0.3, -0.25) is 14.4 Å². The fourth-order valence-electron chi connectivity index (χ4n) is 3.16. The van der Waals surface area contributed by atoms with Gasteiger partial charge in [0.25, 0.3) is 11.5 Å². The lowest BCUT2D eigenvalue weighted by Crippen LogP contribution is -2.27. The first-order chi connectivity index (χ1) is 15.9. The smallest absolute Gasteiger partial charge is 0.359 e. The fraction of sp³-hybridized carbons (Fsp3) is 0.174. The zero-order valence-electron chi connectivity index (χ0n) is 17.6. The molecule has 1 aliphatic rings. The van der Waals surface area contributed by atoms with E-state index in [-0.39, 0.29) is 41.6 Å². The summed E-state index contributed by atoms with van der Waals surface area (Å²) in [5, 5.41) is 6.56. The quantitative estimate of drug-likeness (QED) is 0.429. The summed E-state index contributed by atoms with van der Waals surface area (Å²) in [6.07, 6.45) is 0. The third-order valence-electron chi connectivity index (χ3n) is 4.75. The second-order valence-electron chi connectivity index (χ2n) is 7.13. The molecule has 1 N–H and O–H groups in total. The van der Waals surface area contributed by atoms with Crippen molar-refractivity contribution in [2.24, 2.45) is 0 Å². The van der Waals surface area contributed by atoms with Gasteiger partial charge in [-0.05, 0) is 24.6 Å². The van der Waals surface area contributed by atoms with E-state index in [0.717, 1.165) is 10.2 Å². The van der Waals surface area contributed by atoms with Crippen LogP contribution in [-0.2, 0) is 16.1 Å². The molecule has 2 heterocycles. The maximum Gasteiger partial charge on any atom is 0.359 e. The average molecular weight is 449 g/mol. The maximum absolute atomic E-state index is 12.4. The molecule has 33 heavy (non-hydrogen) atoms. The van der Waals surface area contributed by atoms with E-state index < -0.39 is 18.5 Å². The predicted molar refractivity (Wildman–Crippen MR) is 116 cm³/mol. The Kier molecular flexibility index (Phi) is 6.16. The molecule has 168 valence electrons. The first-order valence-corrected chi connectivity index (χ1v) is 9.94. The minimum Gasteiger partial charge on any atom is -0.454 e. The third kappa shape index (κ3) is 5.06. The number of fused-ring (bicyclic) bond motifs is 1. The average Bonchev–Trinajstić information content (AvgIpc) is 3.26. The minimum atomic E-state index is -0.871. The number of anilines is 1. The van der Waals surface area contributed by atoms with Crippen molar-refractivity contribution in [2.45, 2.75) is 13.5 Å². The van der Waals surface area contributed by atoms with Crippen molar-refractivity contribution in [3.63, 3.8) is 0 Å². The molecule has 0 aliphatic carbocycles. The molecule has 10 heteroatoms. The summed E-state index contributed by atoms with van der Waals surface area (Å²) in [5.74, 6) is -1.03. The fourth-order valence-corrected chi connectivity index (χ4v) is 3.16. The molecule has 0 radical (unpaired) electrons. The van der Waals surface area contributed by atoms with Gasteiger partial charge in [0, 0.05) is 17.7 Å². The van der Waals surface area contributed by atoms with Gasteiger partial charge in [-0.25, -0.2) is 9.48 Å². The molecule has 0 spiro atoms. The number of Topliss-reactive ketones (excluding diaryl/α,β-unsaturated/α-hetero) is 1. The van der Waals surface area contributed by atoms with E-state index in [9.17, 15) is 19.2 Å². The van der Waals surface area contributed by atoms with Crippen molar-refractivity contribution in [3.05, 3.63) is 81.8 Å². The summed E-state index contributed by atoms with van der Waals surface area (Å²) in [6.45, 7) is 0.924. The number of esters is 1. The number of amides is 1. The Morgan fingerprint density at radius 2 is 1.79 bits per heavy atom. The molecule has 10 nitrogen and oxygen atoms in total. The van der Waals surface area contributed by atoms with Crippen molar-refractivity contribution in [3.8, 4) is 11.5 Å². The molecule has 0 bridgehead atoms. The van der Waals surface area contributed by atoms with Crippen LogP contribution in [0.25, 0.3) is 0 Å². The highest BCUT2D eigenvalue weighted by molar-refractivity contribution is 6.05. The first kappa shape index (κ1) is 21.8. The van der Waals surface area contributed by atoms with Gasteiger partial charge in [-0.2, -0.15) is 5.10 Å². The molecule has 0 saturated carbocycles. The van der Waals surface area contributed by atoms with Crippen LogP contribution in [-0.4, -0.2) is 40.8 Å². The number of aromatic nitrogens is 2. The third-order valence-corrected chi connectivity index (χ3v) is 4.75. The van der Waals surface area contributed by atoms with E-state index in [1.54, 1.807) is 0 Å². The normalized spacial score (nSPS) is 11.7. The van der Waals surface area contributed by atoms with E-state index >= 15 is 0 Å². The summed E-state index contributed by atoms with van der Waals surface area (Å²) >= 11 is 0. The topological polar surface area (TPSA) is 126 Å². The number of hydrogen-bond acceptors (Lipinski definition) is 8. The van der Waals surface area contributed by atoms with Crippen LogP contribution in [0.3, 0.4) is 0 Å². The highest BCUT2D eigenvalue weighted by Gasteiger charge is 2.21. The summed E-state index contributed by atoms with van der Waals surface area (Å²) < 4.78 is 16.7. The number of ketones is 1. The van der Waals surface area contributed by atoms with E-state index in [2.05, 4.69) is 10.4 Å². The molecule has 0 unspecified atom stereocenters. The lowest BCUT2D eigenvalue weighted by Gasteiger charge is -2.11. The van der Waals surface area contributed by atoms with Gasteiger partial charge < -0.3 is 19.5 Å². The Morgan fingerprint density at radius 3 is 2.52 bits per heavy atom. The van der Waals surface area contributed by atoms with E-state index in [1.165, 1.54) is 31.2 Å². The molecule has 3 aromatic rings. The number of rotatable bonds is 7. The molecule has 1 amide bonds. The van der Waals surface area contributed by atoms with Crippen molar-refractivity contribution in [2.75, 3.05) is 18.7 Å². The lowest BCUT2D eigenvalue weighted by atomic mass is 10.1. The van der Waals surface area contributed by atoms with Crippen LogP contribution in [0.1, 0.15) is 33.3 Å². The van der Waals surface area contributed by atoms with Crippen molar-refractivity contribution in [1.29, 1.82) is 0 Å². The molecule has 1 aliphatic heterocycles. The van der Waals surface area contributed by atoms with E-state index in [1.807, 2.05) is 30.3 Å². The van der Waals surface area contributed by atoms with Crippen molar-refractivity contribution < 1.29 is 28.6 Å². The lowest BCUT2D eigenvalue weighted by molar-refractivity contribution is -0.119. The zero-order chi connectivity index (χ0) is 23.4. The minimum absolute atomic E-state index is 0.0150. The van der Waals surface area contributed by atoms with Crippen LogP contribution in [0.2, 0.25) is 0 Å². The van der Waals surface area contributed by atoms with Crippen LogP contribution < -0.4 is 20.3 Å². The number of nitrogens with one attached hydrogen (secondary N) is 1. The van der Waals surface area contributed by atoms with Gasteiger partial charge in [-0.15, -0.1) is 0 Å². The van der Waals surface area contributed by atoms with Crippen LogP contribution in [0.4, 0.5) is 5.69 Å². The Morgan fingerprint density at radius 1 is 1.06 bits per heavy atom. The SMILES string of the molecule is CC(=O)c1cc2c(cc1NC(=O)COC(=O)c1ccc(=O)n(Cc3ccccc3)n1)OCO2. The predicted octanol–water partition coefficient (Wildman–Crippen LogP) is 2.02. The van der Waals surface area contributed by atoms with Gasteiger partial charge in [0.1, 0.15) is 0 Å². The molecule has 0 atom stereocenters. The van der Waals surface area contributed by atoms with Crippen LogP contribution >= 0.6 is 0 Å². The molecule has 0 fully saturated rings. The Hall–Kier alpha value is -4.47. The van der Waals surface area contributed by atoms with Gasteiger partial charge in [-0.1, -0.05) is 30.3 Å². The number of nitrogens with zero attached hydrogens (tertiary/aromatic N) is 2. The van der Waals surface area contributed by atoms with Gasteiger partial charge in [0.15, 0.2) is 29.6 Å². The summed E-state index contributed by atoms with van der Waals surface area (Å²) in [4.78, 5) is 48.7. The largest absolute Gasteiger partial charge is 0.454 e. The van der Waals surface area contributed by atoms with Crippen LogP contribution in [0, 0.1) is 0 Å². The molecular weight excluding hydrogens is 430 g/mol. The highest BCUT2D eigenvalue weighted by atomic mass is 16.7. The molecule has 0 saturated heterocycles. The monoisotopic (exact) mass is 449 g/mol. The number of carbonyl (C=O) groups excluding carboxylic acids is 3. The van der Waals surface area contributed by atoms with Crippen molar-refractivity contribution in [1.82, 2.24) is 9.78 Å². The van der Waals surface area contributed by atoms with Crippen LogP contribution in [0.5, 0.6) is 11.5 Å². The van der Waals surface area contributed by atoms with Gasteiger partial charge in [0.05, 0.1) is 12.2 Å². The van der Waals surface area contributed by atoms with Gasteiger partial charge in [0.2, 0.25) is 6.79 Å². The Balaban J connectivity index is 1.41. The number of hydrogen-bond donors (Lipinski definition) is 1. The van der Waals surface area contributed by atoms with Gasteiger partial charge >= 0.3 is 5.97 Å². The van der Waals surface area contributed by atoms with E-state index in [0.29, 0.717) is 11.5 Å². The summed E-state index contributed by atoms with van der Waals surface area (Å²) in [5.41, 5.74) is 0.775. The molecule has 4 rings (SSSR count). The number of carbonyl (C=O) groups is 3. The molecule has 1 aromatic heterocycles. The number of ether oxygens (including phenoxy) is 3. The molecular formula is C23H19N3O7. The second-order valence-corrected chi connectivity index (χ2v) is 7.13. The standard InChI is InChI=1S/C23H19N3O7/c1-14(27)16-9-19-20(33-13-32-19)10-18(16)24-21(28)12-31-23(30)17-7-8-22(29)26(25-17)11-15-5-3-2-4-6-15/h2-10H,11-13H2,1H3,(H,24,28). The Labute approximate surface area is 187 Å². The highest BCUT2D eigenvalue weighted by Crippen LogP contribution is 2.37. The summed E-state index contributed by atoms with van der Waals surface area (Å²) in [7, 11) is 0. The van der Waals surface area contributed by atoms with E-state index in [4.69, 9.17) is 14.2 Å². The second kappa shape index (κ2) is 9.35.